The summed E-state index contributed by atoms with van der Waals surface area (Å²) in [7, 11) is -4.02. The van der Waals surface area contributed by atoms with Gasteiger partial charge in [-0.15, -0.1) is 0 Å². The minimum absolute atomic E-state index is 0.0638. The highest BCUT2D eigenvalue weighted by Gasteiger charge is 2.32. The van der Waals surface area contributed by atoms with Gasteiger partial charge in [-0.3, -0.25) is 0 Å². The first-order valence-electron chi connectivity index (χ1n) is 8.97. The third-order valence-corrected chi connectivity index (χ3v) is 6.36. The molecule has 0 atom stereocenters. The Morgan fingerprint density at radius 3 is 2.04 bits per heavy atom. The van der Waals surface area contributed by atoms with E-state index < -0.39 is 21.5 Å². The molecule has 0 spiro atoms. The van der Waals surface area contributed by atoms with Crippen LogP contribution in [0.25, 0.3) is 11.5 Å². The largest absolute Gasteiger partial charge is 0.419 e. The van der Waals surface area contributed by atoms with Crippen LogP contribution in [-0.4, -0.2) is 26.5 Å². The van der Waals surface area contributed by atoms with Crippen molar-refractivity contribution < 1.29 is 21.6 Å². The molecule has 1 saturated heterocycles. The van der Waals surface area contributed by atoms with Crippen molar-refractivity contribution in [2.75, 3.05) is 18.0 Å². The minimum atomic E-state index is -4.02. The van der Waals surface area contributed by atoms with Gasteiger partial charge in [-0.1, -0.05) is 0 Å². The van der Waals surface area contributed by atoms with Crippen molar-refractivity contribution in [2.45, 2.75) is 29.2 Å². The van der Waals surface area contributed by atoms with E-state index in [2.05, 4.69) is 4.98 Å². The van der Waals surface area contributed by atoms with Crippen molar-refractivity contribution in [2.24, 2.45) is 0 Å². The molecular weight excluding hydrogens is 386 g/mol. The van der Waals surface area contributed by atoms with E-state index in [0.29, 0.717) is 18.7 Å². The summed E-state index contributed by atoms with van der Waals surface area (Å²) < 4.78 is 58.7. The third-order valence-electron chi connectivity index (χ3n) is 4.69. The molecule has 3 aromatic rings. The van der Waals surface area contributed by atoms with Crippen LogP contribution in [0.15, 0.2) is 62.9 Å². The van der Waals surface area contributed by atoms with Crippen LogP contribution in [0.2, 0.25) is 0 Å². The van der Waals surface area contributed by atoms with Gasteiger partial charge < -0.3 is 9.32 Å². The lowest BCUT2D eigenvalue weighted by Gasteiger charge is -2.26. The summed E-state index contributed by atoms with van der Waals surface area (Å²) in [5.41, 5.74) is 0.472. The number of hydrogen-bond donors (Lipinski definition) is 0. The molecule has 0 bridgehead atoms. The summed E-state index contributed by atoms with van der Waals surface area (Å²) in [5.74, 6) is -0.669. The lowest BCUT2D eigenvalue weighted by Crippen LogP contribution is -2.30. The van der Waals surface area contributed by atoms with Crippen LogP contribution in [0.4, 0.5) is 14.7 Å². The summed E-state index contributed by atoms with van der Waals surface area (Å²) in [6, 6.07) is 10.1. The number of rotatable bonds is 4. The monoisotopic (exact) mass is 404 g/mol. The highest BCUT2D eigenvalue weighted by atomic mass is 32.2. The molecule has 0 saturated carbocycles. The molecule has 2 heterocycles. The molecular formula is C20H18F2N2O3S. The number of halogens is 2. The first-order chi connectivity index (χ1) is 13.4. The second-order valence-corrected chi connectivity index (χ2v) is 8.51. The molecule has 0 radical (unpaired) electrons. The van der Waals surface area contributed by atoms with E-state index in [4.69, 9.17) is 4.42 Å². The van der Waals surface area contributed by atoms with Gasteiger partial charge in [0.25, 0.3) is 0 Å². The van der Waals surface area contributed by atoms with Gasteiger partial charge in [0.15, 0.2) is 0 Å². The Balaban J connectivity index is 1.84. The number of hydrogen-bond acceptors (Lipinski definition) is 5. The van der Waals surface area contributed by atoms with Crippen LogP contribution in [-0.2, 0) is 9.84 Å². The van der Waals surface area contributed by atoms with Crippen molar-refractivity contribution in [1.82, 2.24) is 4.98 Å². The van der Waals surface area contributed by atoms with Gasteiger partial charge in [0.2, 0.25) is 26.6 Å². The Morgan fingerprint density at radius 2 is 1.43 bits per heavy atom. The van der Waals surface area contributed by atoms with Crippen molar-refractivity contribution in [1.29, 1.82) is 0 Å². The lowest BCUT2D eigenvalue weighted by molar-refractivity contribution is 0.499. The maximum absolute atomic E-state index is 13.2. The number of piperidine rings is 1. The topological polar surface area (TPSA) is 63.4 Å². The molecule has 0 unspecified atom stereocenters. The fourth-order valence-electron chi connectivity index (χ4n) is 3.21. The van der Waals surface area contributed by atoms with Gasteiger partial charge in [0.05, 0.1) is 4.90 Å². The molecule has 28 heavy (non-hydrogen) atoms. The zero-order chi connectivity index (χ0) is 19.7. The van der Waals surface area contributed by atoms with Gasteiger partial charge >= 0.3 is 0 Å². The maximum Gasteiger partial charge on any atom is 0.236 e. The van der Waals surface area contributed by atoms with Crippen LogP contribution >= 0.6 is 0 Å². The maximum atomic E-state index is 13.2. The van der Waals surface area contributed by atoms with E-state index in [-0.39, 0.29) is 21.7 Å². The number of oxazole rings is 1. The Labute approximate surface area is 161 Å². The van der Waals surface area contributed by atoms with Crippen LogP contribution in [0, 0.1) is 11.6 Å². The molecule has 8 heteroatoms. The molecule has 4 rings (SSSR count). The Bertz CT molecular complexity index is 1070. The van der Waals surface area contributed by atoms with Crippen molar-refractivity contribution in [3.63, 3.8) is 0 Å². The average Bonchev–Trinajstić information content (AvgIpc) is 3.16. The molecule has 5 nitrogen and oxygen atoms in total. The Hall–Kier alpha value is -2.74. The molecule has 1 aromatic heterocycles. The van der Waals surface area contributed by atoms with Crippen LogP contribution in [0.1, 0.15) is 19.3 Å². The fourth-order valence-corrected chi connectivity index (χ4v) is 4.53. The summed E-state index contributed by atoms with van der Waals surface area (Å²) >= 11 is 0. The smallest absolute Gasteiger partial charge is 0.236 e. The average molecular weight is 404 g/mol. The van der Waals surface area contributed by atoms with Crippen molar-refractivity contribution in [3.05, 3.63) is 60.2 Å². The quantitative estimate of drug-likeness (QED) is 0.602. The van der Waals surface area contributed by atoms with Crippen molar-refractivity contribution >= 4 is 15.7 Å². The minimum Gasteiger partial charge on any atom is -0.419 e. The predicted molar refractivity (Wildman–Crippen MR) is 99.8 cm³/mol. The van der Waals surface area contributed by atoms with E-state index in [1.165, 1.54) is 36.4 Å². The predicted octanol–water partition coefficient (Wildman–Crippen LogP) is 4.44. The van der Waals surface area contributed by atoms with Gasteiger partial charge in [-0.05, 0) is 67.8 Å². The molecule has 1 fully saturated rings. The molecule has 0 amide bonds. The van der Waals surface area contributed by atoms with Crippen molar-refractivity contribution in [3.8, 4) is 11.5 Å². The summed E-state index contributed by atoms with van der Waals surface area (Å²) in [6.45, 7) is 1.31. The van der Waals surface area contributed by atoms with Gasteiger partial charge in [-0.25, -0.2) is 17.2 Å². The first-order valence-corrected chi connectivity index (χ1v) is 10.5. The zero-order valence-corrected chi connectivity index (χ0v) is 15.8. The SMILES string of the molecule is O=S(=O)(c1ccc(F)cc1)c1nc(-c2ccc(F)cc2)oc1N1CCCCC1. The highest BCUT2D eigenvalue weighted by Crippen LogP contribution is 2.35. The van der Waals surface area contributed by atoms with E-state index in [0.717, 1.165) is 31.4 Å². The highest BCUT2D eigenvalue weighted by molar-refractivity contribution is 7.91. The van der Waals surface area contributed by atoms with Crippen LogP contribution in [0.3, 0.4) is 0 Å². The molecule has 1 aliphatic rings. The fraction of sp³-hybridized carbons (Fsp3) is 0.250. The molecule has 2 aromatic carbocycles. The van der Waals surface area contributed by atoms with E-state index >= 15 is 0 Å². The van der Waals surface area contributed by atoms with E-state index in [1.54, 1.807) is 0 Å². The summed E-state index contributed by atoms with van der Waals surface area (Å²) in [6.07, 6.45) is 2.90. The Morgan fingerprint density at radius 1 is 0.857 bits per heavy atom. The second kappa shape index (κ2) is 7.35. The zero-order valence-electron chi connectivity index (χ0n) is 14.9. The number of aromatic nitrogens is 1. The van der Waals surface area contributed by atoms with Crippen LogP contribution in [0.5, 0.6) is 0 Å². The summed E-state index contributed by atoms with van der Waals surface area (Å²) in [5, 5.41) is -0.208. The van der Waals surface area contributed by atoms with E-state index in [1.807, 2.05) is 4.90 Å². The molecule has 1 aliphatic heterocycles. The number of sulfone groups is 1. The molecule has 0 aliphatic carbocycles. The first kappa shape index (κ1) is 18.6. The van der Waals surface area contributed by atoms with E-state index in [9.17, 15) is 17.2 Å². The lowest BCUT2D eigenvalue weighted by atomic mass is 10.1. The van der Waals surface area contributed by atoms with Gasteiger partial charge in [0, 0.05) is 18.7 Å². The number of nitrogens with zero attached hydrogens (tertiary/aromatic N) is 2. The van der Waals surface area contributed by atoms with Crippen LogP contribution < -0.4 is 4.90 Å². The standard InChI is InChI=1S/C20H18F2N2O3S/c21-15-6-4-14(5-7-15)18-23-19(20(27-18)24-12-2-1-3-13-24)28(25,26)17-10-8-16(22)9-11-17/h4-11H,1-3,12-13H2. The second-order valence-electron chi connectivity index (χ2n) is 6.64. The normalized spacial score (nSPS) is 15.0. The molecule has 146 valence electrons. The van der Waals surface area contributed by atoms with Gasteiger partial charge in [0.1, 0.15) is 11.6 Å². The van der Waals surface area contributed by atoms with Gasteiger partial charge in [-0.2, -0.15) is 4.98 Å². The summed E-state index contributed by atoms with van der Waals surface area (Å²) in [4.78, 5) is 6.04. The molecule has 0 N–H and O–H groups in total. The number of benzene rings is 2. The number of anilines is 1. The third kappa shape index (κ3) is 3.52. The Kier molecular flexibility index (Phi) is 4.89.